The number of hydrogen-bond donors (Lipinski definition) is 3. The zero-order chi connectivity index (χ0) is 18.8. The average molecular weight is 347 g/mol. The van der Waals surface area contributed by atoms with Gasteiger partial charge in [0.1, 0.15) is 0 Å². The highest BCUT2D eigenvalue weighted by Crippen LogP contribution is 2.28. The maximum Gasteiger partial charge on any atom is 0.337 e. The van der Waals surface area contributed by atoms with Crippen LogP contribution >= 0.6 is 0 Å². The highest BCUT2D eigenvalue weighted by molar-refractivity contribution is 6.02. The van der Waals surface area contributed by atoms with Crippen LogP contribution in [-0.4, -0.2) is 36.0 Å². The summed E-state index contributed by atoms with van der Waals surface area (Å²) in [5.74, 6) is -1.75. The maximum atomic E-state index is 12.1. The molecule has 0 bridgehead atoms. The molecule has 7 nitrogen and oxygen atoms in total. The fourth-order valence-electron chi connectivity index (χ4n) is 2.75. The number of carboxylic acid groups (broad SMARTS) is 1. The van der Waals surface area contributed by atoms with Crippen molar-refractivity contribution in [1.29, 1.82) is 0 Å². The first-order valence-electron chi connectivity index (χ1n) is 8.32. The molecule has 25 heavy (non-hydrogen) atoms. The fraction of sp³-hybridized carbons (Fsp3) is 0.500. The number of benzene rings is 1. The number of aromatic carboxylic acids is 1. The standard InChI is InChI=1S/C18H25N3O4/c1-18(2,3)17(25)20-14-5-4-12(10-13(14)16(23)24)21-8-6-11(7-9-21)15(19)22/h4-5,10-11H,6-9H2,1-3H3,(H2,19,22)(H,20,25)(H,23,24). The third kappa shape index (κ3) is 4.49. The van der Waals surface area contributed by atoms with Gasteiger partial charge in [-0.2, -0.15) is 0 Å². The van der Waals surface area contributed by atoms with Gasteiger partial charge in [-0.25, -0.2) is 4.79 Å². The number of amides is 2. The lowest BCUT2D eigenvalue weighted by Gasteiger charge is -2.32. The minimum atomic E-state index is -1.10. The van der Waals surface area contributed by atoms with E-state index in [0.29, 0.717) is 25.9 Å². The number of carboxylic acids is 1. The first-order valence-corrected chi connectivity index (χ1v) is 8.32. The molecule has 0 saturated carbocycles. The number of hydrogen-bond acceptors (Lipinski definition) is 4. The van der Waals surface area contributed by atoms with Crippen molar-refractivity contribution in [2.75, 3.05) is 23.3 Å². The smallest absolute Gasteiger partial charge is 0.337 e. The summed E-state index contributed by atoms with van der Waals surface area (Å²) in [5, 5.41) is 12.2. The molecule has 1 aromatic carbocycles. The third-order valence-corrected chi connectivity index (χ3v) is 4.43. The van der Waals surface area contributed by atoms with Crippen molar-refractivity contribution >= 4 is 29.2 Å². The van der Waals surface area contributed by atoms with Gasteiger partial charge < -0.3 is 21.1 Å². The van der Waals surface area contributed by atoms with E-state index in [1.807, 2.05) is 4.90 Å². The molecule has 1 saturated heterocycles. The molecule has 2 amide bonds. The number of nitrogens with one attached hydrogen (secondary N) is 1. The molecule has 0 aliphatic carbocycles. The minimum absolute atomic E-state index is 0.0483. The van der Waals surface area contributed by atoms with Gasteiger partial charge >= 0.3 is 5.97 Å². The molecule has 0 radical (unpaired) electrons. The highest BCUT2D eigenvalue weighted by atomic mass is 16.4. The van der Waals surface area contributed by atoms with Gasteiger partial charge in [-0.3, -0.25) is 9.59 Å². The van der Waals surface area contributed by atoms with Crippen LogP contribution in [0.25, 0.3) is 0 Å². The maximum absolute atomic E-state index is 12.1. The summed E-state index contributed by atoms with van der Waals surface area (Å²) < 4.78 is 0. The van der Waals surface area contributed by atoms with Crippen LogP contribution < -0.4 is 16.0 Å². The van der Waals surface area contributed by atoms with Crippen LogP contribution in [0.4, 0.5) is 11.4 Å². The monoisotopic (exact) mass is 347 g/mol. The summed E-state index contributed by atoms with van der Waals surface area (Å²) in [6, 6.07) is 4.96. The molecule has 2 rings (SSSR count). The SMILES string of the molecule is CC(C)(C)C(=O)Nc1ccc(N2CCC(C(N)=O)CC2)cc1C(=O)O. The first-order chi connectivity index (χ1) is 11.6. The average Bonchev–Trinajstić information content (AvgIpc) is 2.54. The van der Waals surface area contributed by atoms with Crippen LogP contribution in [0, 0.1) is 11.3 Å². The topological polar surface area (TPSA) is 113 Å². The molecule has 4 N–H and O–H groups in total. The number of carbonyl (C=O) groups is 3. The highest BCUT2D eigenvalue weighted by Gasteiger charge is 2.26. The Bertz CT molecular complexity index is 686. The lowest BCUT2D eigenvalue weighted by atomic mass is 9.95. The molecule has 1 fully saturated rings. The van der Waals surface area contributed by atoms with E-state index >= 15 is 0 Å². The van der Waals surface area contributed by atoms with Crippen LogP contribution in [0.2, 0.25) is 0 Å². The Labute approximate surface area is 147 Å². The molecule has 0 unspecified atom stereocenters. The summed E-state index contributed by atoms with van der Waals surface area (Å²) in [5.41, 5.74) is 5.81. The van der Waals surface area contributed by atoms with Gasteiger partial charge in [-0.05, 0) is 31.0 Å². The van der Waals surface area contributed by atoms with Crippen molar-refractivity contribution in [3.8, 4) is 0 Å². The molecule has 1 aliphatic rings. The number of anilines is 2. The van der Waals surface area contributed by atoms with Gasteiger partial charge in [-0.1, -0.05) is 20.8 Å². The van der Waals surface area contributed by atoms with Crippen LogP contribution in [0.15, 0.2) is 18.2 Å². The molecule has 1 aliphatic heterocycles. The molecular formula is C18H25N3O4. The first kappa shape index (κ1) is 18.8. The van der Waals surface area contributed by atoms with Crippen molar-refractivity contribution < 1.29 is 19.5 Å². The molecular weight excluding hydrogens is 322 g/mol. The number of carbonyl (C=O) groups excluding carboxylic acids is 2. The van der Waals surface area contributed by atoms with Crippen molar-refractivity contribution in [2.45, 2.75) is 33.6 Å². The van der Waals surface area contributed by atoms with Gasteiger partial charge in [0.05, 0.1) is 11.3 Å². The van der Waals surface area contributed by atoms with Crippen LogP contribution in [0.3, 0.4) is 0 Å². The van der Waals surface area contributed by atoms with E-state index in [-0.39, 0.29) is 29.0 Å². The van der Waals surface area contributed by atoms with Gasteiger partial charge in [0.25, 0.3) is 0 Å². The Morgan fingerprint density at radius 1 is 1.20 bits per heavy atom. The van der Waals surface area contributed by atoms with E-state index in [1.54, 1.807) is 39.0 Å². The zero-order valence-electron chi connectivity index (χ0n) is 14.8. The second-order valence-electron chi connectivity index (χ2n) is 7.40. The summed E-state index contributed by atoms with van der Waals surface area (Å²) in [6.45, 7) is 6.57. The fourth-order valence-corrected chi connectivity index (χ4v) is 2.75. The van der Waals surface area contributed by atoms with Crippen molar-refractivity contribution in [1.82, 2.24) is 0 Å². The molecule has 136 valence electrons. The van der Waals surface area contributed by atoms with E-state index in [1.165, 1.54) is 0 Å². The second kappa shape index (κ2) is 7.13. The van der Waals surface area contributed by atoms with E-state index < -0.39 is 11.4 Å². The Morgan fingerprint density at radius 2 is 1.80 bits per heavy atom. The van der Waals surface area contributed by atoms with Gasteiger partial charge in [0.2, 0.25) is 11.8 Å². The number of rotatable bonds is 4. The quantitative estimate of drug-likeness (QED) is 0.772. The normalized spacial score (nSPS) is 15.7. The molecule has 0 aromatic heterocycles. The summed E-state index contributed by atoms with van der Waals surface area (Å²) >= 11 is 0. The second-order valence-corrected chi connectivity index (χ2v) is 7.40. The van der Waals surface area contributed by atoms with Crippen molar-refractivity contribution in [3.05, 3.63) is 23.8 Å². The minimum Gasteiger partial charge on any atom is -0.478 e. The predicted molar refractivity (Wildman–Crippen MR) is 95.6 cm³/mol. The Hall–Kier alpha value is -2.57. The molecule has 7 heteroatoms. The van der Waals surface area contributed by atoms with Gasteiger partial charge in [0.15, 0.2) is 0 Å². The number of nitrogens with two attached hydrogens (primary N) is 1. The summed E-state index contributed by atoms with van der Waals surface area (Å²) in [7, 11) is 0. The Morgan fingerprint density at radius 3 is 2.28 bits per heavy atom. The van der Waals surface area contributed by atoms with Crippen LogP contribution in [0.1, 0.15) is 44.0 Å². The van der Waals surface area contributed by atoms with Crippen LogP contribution in [0.5, 0.6) is 0 Å². The van der Waals surface area contributed by atoms with Gasteiger partial charge in [0, 0.05) is 30.1 Å². The van der Waals surface area contributed by atoms with Crippen molar-refractivity contribution in [2.24, 2.45) is 17.1 Å². The van der Waals surface area contributed by atoms with E-state index in [9.17, 15) is 19.5 Å². The Balaban J connectivity index is 2.20. The molecule has 0 atom stereocenters. The number of piperidine rings is 1. The third-order valence-electron chi connectivity index (χ3n) is 4.43. The van der Waals surface area contributed by atoms with E-state index in [2.05, 4.69) is 5.32 Å². The number of nitrogens with zero attached hydrogens (tertiary/aromatic N) is 1. The lowest BCUT2D eigenvalue weighted by molar-refractivity contribution is -0.123. The molecule has 1 aromatic rings. The van der Waals surface area contributed by atoms with Crippen molar-refractivity contribution in [3.63, 3.8) is 0 Å². The van der Waals surface area contributed by atoms with Crippen LogP contribution in [-0.2, 0) is 9.59 Å². The van der Waals surface area contributed by atoms with E-state index in [4.69, 9.17) is 5.73 Å². The lowest BCUT2D eigenvalue weighted by Crippen LogP contribution is -2.38. The molecule has 0 spiro atoms. The number of primary amides is 1. The van der Waals surface area contributed by atoms with Gasteiger partial charge in [-0.15, -0.1) is 0 Å². The Kier molecular flexibility index (Phi) is 5.35. The summed E-state index contributed by atoms with van der Waals surface area (Å²) in [4.78, 5) is 37.0. The largest absolute Gasteiger partial charge is 0.478 e. The zero-order valence-corrected chi connectivity index (χ0v) is 14.8. The summed E-state index contributed by atoms with van der Waals surface area (Å²) in [6.07, 6.45) is 1.31. The molecule has 1 heterocycles. The predicted octanol–water partition coefficient (Wildman–Crippen LogP) is 2.07. The van der Waals surface area contributed by atoms with E-state index in [0.717, 1.165) is 5.69 Å².